The van der Waals surface area contributed by atoms with Crippen LogP contribution in [0.5, 0.6) is 11.5 Å². The molecule has 3 aromatic rings. The molecule has 2 aromatic carbocycles. The summed E-state index contributed by atoms with van der Waals surface area (Å²) in [5.74, 6) is 0.215. The monoisotopic (exact) mass is 395 g/mol. The molecular weight excluding hydrogens is 378 g/mol. The van der Waals surface area contributed by atoms with Crippen LogP contribution in [0.15, 0.2) is 60.7 Å². The van der Waals surface area contributed by atoms with E-state index in [4.69, 9.17) is 14.2 Å². The lowest BCUT2D eigenvalue weighted by atomic mass is 10.2. The lowest BCUT2D eigenvalue weighted by Crippen LogP contribution is -2.40. The molecule has 6 nitrogen and oxygen atoms in total. The van der Waals surface area contributed by atoms with E-state index in [0.717, 1.165) is 10.4 Å². The first-order valence-electron chi connectivity index (χ1n) is 8.62. The normalized spacial score (nSPS) is 15.0. The van der Waals surface area contributed by atoms with Gasteiger partial charge >= 0.3 is 5.97 Å². The summed E-state index contributed by atoms with van der Waals surface area (Å²) in [7, 11) is 1.31. The summed E-state index contributed by atoms with van der Waals surface area (Å²) in [4.78, 5) is 26.1. The SMILES string of the molecule is COC(=O)c1sc(-c2ccccc2)cc1NC(=O)[C@@H]1COc2ccccc2O1. The van der Waals surface area contributed by atoms with Crippen LogP contribution in [0, 0.1) is 0 Å². The van der Waals surface area contributed by atoms with E-state index in [-0.39, 0.29) is 6.61 Å². The third-order valence-corrected chi connectivity index (χ3v) is 5.38. The van der Waals surface area contributed by atoms with Crippen molar-refractivity contribution < 1.29 is 23.8 Å². The first-order valence-corrected chi connectivity index (χ1v) is 9.44. The van der Waals surface area contributed by atoms with Gasteiger partial charge in [0.2, 0.25) is 6.10 Å². The molecule has 1 amide bonds. The average Bonchev–Trinajstić information content (AvgIpc) is 3.17. The number of benzene rings is 2. The minimum Gasteiger partial charge on any atom is -0.485 e. The molecular formula is C21H17NO5S. The molecule has 28 heavy (non-hydrogen) atoms. The molecule has 0 bridgehead atoms. The number of esters is 1. The topological polar surface area (TPSA) is 73.9 Å². The summed E-state index contributed by atoms with van der Waals surface area (Å²) in [5.41, 5.74) is 1.34. The van der Waals surface area contributed by atoms with Crippen molar-refractivity contribution in [2.45, 2.75) is 6.10 Å². The van der Waals surface area contributed by atoms with Crippen LogP contribution in [0.4, 0.5) is 5.69 Å². The first-order chi connectivity index (χ1) is 13.7. The highest BCUT2D eigenvalue weighted by atomic mass is 32.1. The Bertz CT molecular complexity index is 1010. The van der Waals surface area contributed by atoms with Crippen molar-refractivity contribution in [3.63, 3.8) is 0 Å². The summed E-state index contributed by atoms with van der Waals surface area (Å²) in [6.45, 7) is 0.0894. The van der Waals surface area contributed by atoms with E-state index >= 15 is 0 Å². The van der Waals surface area contributed by atoms with Gasteiger partial charge in [0.25, 0.3) is 5.91 Å². The minimum atomic E-state index is -0.819. The maximum absolute atomic E-state index is 12.7. The van der Waals surface area contributed by atoms with Crippen molar-refractivity contribution in [1.82, 2.24) is 0 Å². The lowest BCUT2D eigenvalue weighted by Gasteiger charge is -2.25. The van der Waals surface area contributed by atoms with Crippen molar-refractivity contribution in [3.05, 3.63) is 65.5 Å². The lowest BCUT2D eigenvalue weighted by molar-refractivity contribution is -0.125. The Morgan fingerprint density at radius 3 is 2.54 bits per heavy atom. The minimum absolute atomic E-state index is 0.0894. The highest BCUT2D eigenvalue weighted by Crippen LogP contribution is 2.36. The zero-order chi connectivity index (χ0) is 19.5. The zero-order valence-corrected chi connectivity index (χ0v) is 15.8. The summed E-state index contributed by atoms with van der Waals surface area (Å²) in [6.07, 6.45) is -0.819. The Morgan fingerprint density at radius 2 is 1.79 bits per heavy atom. The van der Waals surface area contributed by atoms with Gasteiger partial charge in [-0.15, -0.1) is 11.3 Å². The number of para-hydroxylation sites is 2. The van der Waals surface area contributed by atoms with Gasteiger partial charge in [-0.05, 0) is 23.8 Å². The van der Waals surface area contributed by atoms with Crippen LogP contribution in [0.2, 0.25) is 0 Å². The second-order valence-corrected chi connectivity index (χ2v) is 7.12. The number of ether oxygens (including phenoxy) is 3. The Hall–Kier alpha value is -3.32. The second-order valence-electron chi connectivity index (χ2n) is 6.06. The van der Waals surface area contributed by atoms with Gasteiger partial charge in [-0.2, -0.15) is 0 Å². The quantitative estimate of drug-likeness (QED) is 0.677. The Balaban J connectivity index is 1.58. The Labute approximate surface area is 165 Å². The van der Waals surface area contributed by atoms with Gasteiger partial charge in [-0.1, -0.05) is 42.5 Å². The molecule has 0 spiro atoms. The molecule has 1 aliphatic heterocycles. The summed E-state index contributed by atoms with van der Waals surface area (Å²) in [6, 6.07) is 18.6. The van der Waals surface area contributed by atoms with Gasteiger partial charge in [0.1, 0.15) is 11.5 Å². The number of anilines is 1. The second kappa shape index (κ2) is 7.74. The molecule has 1 aliphatic rings. The molecule has 0 radical (unpaired) electrons. The van der Waals surface area contributed by atoms with E-state index < -0.39 is 18.0 Å². The molecule has 1 N–H and O–H groups in total. The predicted octanol–water partition coefficient (Wildman–Crippen LogP) is 3.98. The summed E-state index contributed by atoms with van der Waals surface area (Å²) < 4.78 is 16.2. The number of carbonyl (C=O) groups is 2. The Kier molecular flexibility index (Phi) is 4.99. The van der Waals surface area contributed by atoms with Gasteiger partial charge < -0.3 is 19.5 Å². The van der Waals surface area contributed by atoms with Crippen LogP contribution in [0.1, 0.15) is 9.67 Å². The molecule has 0 fully saturated rings. The number of hydrogen-bond donors (Lipinski definition) is 1. The van der Waals surface area contributed by atoms with Crippen molar-refractivity contribution in [2.24, 2.45) is 0 Å². The van der Waals surface area contributed by atoms with Crippen LogP contribution in [0.3, 0.4) is 0 Å². The van der Waals surface area contributed by atoms with Crippen LogP contribution < -0.4 is 14.8 Å². The molecule has 0 saturated heterocycles. The van der Waals surface area contributed by atoms with Crippen LogP contribution in [0.25, 0.3) is 10.4 Å². The van der Waals surface area contributed by atoms with E-state index in [0.29, 0.717) is 22.1 Å². The average molecular weight is 395 g/mol. The summed E-state index contributed by atoms with van der Waals surface area (Å²) >= 11 is 1.26. The standard InChI is InChI=1S/C21H17NO5S/c1-25-21(24)19-14(11-18(28-19)13-7-3-2-4-8-13)22-20(23)17-12-26-15-9-5-6-10-16(15)27-17/h2-11,17H,12H2,1H3,(H,22,23)/t17-/m0/s1. The van der Waals surface area contributed by atoms with Crippen molar-refractivity contribution in [2.75, 3.05) is 19.0 Å². The molecule has 142 valence electrons. The molecule has 7 heteroatoms. The molecule has 1 atom stereocenters. The fourth-order valence-corrected chi connectivity index (χ4v) is 3.87. The van der Waals surface area contributed by atoms with Crippen LogP contribution in [-0.4, -0.2) is 31.7 Å². The van der Waals surface area contributed by atoms with Crippen LogP contribution >= 0.6 is 11.3 Å². The predicted molar refractivity (Wildman–Crippen MR) is 106 cm³/mol. The van der Waals surface area contributed by atoms with Gasteiger partial charge in [-0.3, -0.25) is 4.79 Å². The van der Waals surface area contributed by atoms with E-state index in [1.807, 2.05) is 42.5 Å². The number of fused-ring (bicyclic) bond motifs is 1. The molecule has 4 rings (SSSR count). The molecule has 0 aliphatic carbocycles. The summed E-state index contributed by atoms with van der Waals surface area (Å²) in [5, 5.41) is 2.78. The molecule has 0 unspecified atom stereocenters. The van der Waals surface area contributed by atoms with Gasteiger partial charge in [0.05, 0.1) is 12.8 Å². The van der Waals surface area contributed by atoms with E-state index in [1.54, 1.807) is 18.2 Å². The largest absolute Gasteiger partial charge is 0.485 e. The third-order valence-electron chi connectivity index (χ3n) is 4.22. The number of amides is 1. The molecule has 1 aromatic heterocycles. The van der Waals surface area contributed by atoms with Gasteiger partial charge in [-0.25, -0.2) is 4.79 Å². The van der Waals surface area contributed by atoms with E-state index in [2.05, 4.69) is 5.32 Å². The number of nitrogens with one attached hydrogen (secondary N) is 1. The highest BCUT2D eigenvalue weighted by molar-refractivity contribution is 7.18. The van der Waals surface area contributed by atoms with Crippen molar-refractivity contribution in [1.29, 1.82) is 0 Å². The fraction of sp³-hybridized carbons (Fsp3) is 0.143. The van der Waals surface area contributed by atoms with Crippen molar-refractivity contribution >= 4 is 28.9 Å². The zero-order valence-electron chi connectivity index (χ0n) is 15.0. The highest BCUT2D eigenvalue weighted by Gasteiger charge is 2.29. The smallest absolute Gasteiger partial charge is 0.350 e. The van der Waals surface area contributed by atoms with E-state index in [9.17, 15) is 9.59 Å². The van der Waals surface area contributed by atoms with Crippen LogP contribution in [-0.2, 0) is 9.53 Å². The maximum atomic E-state index is 12.7. The van der Waals surface area contributed by atoms with Crippen molar-refractivity contribution in [3.8, 4) is 21.9 Å². The van der Waals surface area contributed by atoms with E-state index in [1.165, 1.54) is 18.4 Å². The number of thiophene rings is 1. The third kappa shape index (κ3) is 3.57. The number of methoxy groups -OCH3 is 1. The maximum Gasteiger partial charge on any atom is 0.350 e. The number of rotatable bonds is 4. The number of hydrogen-bond acceptors (Lipinski definition) is 6. The first kappa shape index (κ1) is 18.1. The van der Waals surface area contributed by atoms with Gasteiger partial charge in [0.15, 0.2) is 11.5 Å². The number of carbonyl (C=O) groups excluding carboxylic acids is 2. The Morgan fingerprint density at radius 1 is 1.07 bits per heavy atom. The molecule has 2 heterocycles. The van der Waals surface area contributed by atoms with Gasteiger partial charge in [0, 0.05) is 4.88 Å². The molecule has 0 saturated carbocycles. The fourth-order valence-electron chi connectivity index (χ4n) is 2.83.